The lowest BCUT2D eigenvalue weighted by Gasteiger charge is -2.25. The van der Waals surface area contributed by atoms with E-state index in [1.807, 2.05) is 19.2 Å². The van der Waals surface area contributed by atoms with E-state index < -0.39 is 0 Å². The molecule has 1 amide bonds. The summed E-state index contributed by atoms with van der Waals surface area (Å²) >= 11 is 0. The van der Waals surface area contributed by atoms with E-state index in [4.69, 9.17) is 5.73 Å². The Morgan fingerprint density at radius 3 is 2.65 bits per heavy atom. The molecule has 0 saturated heterocycles. The first-order valence-corrected chi connectivity index (χ1v) is 7.05. The maximum Gasteiger partial charge on any atom is 0.224 e. The second kappa shape index (κ2) is 6.13. The average molecular weight is 276 g/mol. The van der Waals surface area contributed by atoms with Gasteiger partial charge in [-0.2, -0.15) is 0 Å². The van der Waals surface area contributed by atoms with Crippen LogP contribution in [-0.2, 0) is 11.2 Å². The topological polar surface area (TPSA) is 61.6 Å². The molecule has 20 heavy (non-hydrogen) atoms. The van der Waals surface area contributed by atoms with E-state index in [1.165, 1.54) is 0 Å². The minimum absolute atomic E-state index is 0.0866. The summed E-state index contributed by atoms with van der Waals surface area (Å²) in [4.78, 5) is 15.8. The van der Waals surface area contributed by atoms with Crippen LogP contribution in [0.2, 0.25) is 0 Å². The third-order valence-electron chi connectivity index (χ3n) is 3.66. The second-order valence-electron chi connectivity index (χ2n) is 5.69. The molecular formula is C15H24N4O. The molecule has 3 N–H and O–H groups in total. The number of rotatable bonds is 5. The first kappa shape index (κ1) is 14.7. The lowest BCUT2D eigenvalue weighted by Crippen LogP contribution is -2.25. The monoisotopic (exact) mass is 276 g/mol. The van der Waals surface area contributed by atoms with Crippen molar-refractivity contribution in [2.75, 3.05) is 50.2 Å². The van der Waals surface area contributed by atoms with Crippen molar-refractivity contribution in [2.45, 2.75) is 19.3 Å². The largest absolute Gasteiger partial charge is 0.397 e. The SMILES string of the molecule is CN(C)CCCN(C)c1cc2c(cc1N)CCC(=O)N2. The van der Waals surface area contributed by atoms with Crippen molar-refractivity contribution in [1.82, 2.24) is 4.90 Å². The van der Waals surface area contributed by atoms with E-state index in [0.717, 1.165) is 48.6 Å². The Balaban J connectivity index is 2.11. The minimum Gasteiger partial charge on any atom is -0.397 e. The first-order chi connectivity index (χ1) is 9.47. The molecule has 0 atom stereocenters. The molecule has 0 bridgehead atoms. The van der Waals surface area contributed by atoms with Gasteiger partial charge in [0, 0.05) is 25.7 Å². The number of amides is 1. The number of nitrogens with two attached hydrogens (primary N) is 1. The van der Waals surface area contributed by atoms with Crippen molar-refractivity contribution in [1.29, 1.82) is 0 Å². The van der Waals surface area contributed by atoms with E-state index in [2.05, 4.69) is 29.2 Å². The maximum atomic E-state index is 11.5. The molecule has 0 aliphatic carbocycles. The molecule has 0 saturated carbocycles. The number of fused-ring (bicyclic) bond motifs is 1. The highest BCUT2D eigenvalue weighted by molar-refractivity contribution is 5.95. The predicted molar refractivity (Wildman–Crippen MR) is 84.2 cm³/mol. The number of benzene rings is 1. The van der Waals surface area contributed by atoms with E-state index in [9.17, 15) is 4.79 Å². The van der Waals surface area contributed by atoms with Gasteiger partial charge in [-0.3, -0.25) is 4.79 Å². The predicted octanol–water partition coefficient (Wildman–Crippen LogP) is 1.54. The van der Waals surface area contributed by atoms with E-state index >= 15 is 0 Å². The van der Waals surface area contributed by atoms with E-state index in [-0.39, 0.29) is 5.91 Å². The molecule has 2 rings (SSSR count). The van der Waals surface area contributed by atoms with Crippen LogP contribution in [0.4, 0.5) is 17.1 Å². The lowest BCUT2D eigenvalue weighted by atomic mass is 10.0. The quantitative estimate of drug-likeness (QED) is 0.801. The highest BCUT2D eigenvalue weighted by atomic mass is 16.1. The summed E-state index contributed by atoms with van der Waals surface area (Å²) in [5.41, 5.74) is 9.96. The third-order valence-corrected chi connectivity index (χ3v) is 3.66. The van der Waals surface area contributed by atoms with Crippen LogP contribution in [0.15, 0.2) is 12.1 Å². The van der Waals surface area contributed by atoms with Gasteiger partial charge < -0.3 is 20.9 Å². The van der Waals surface area contributed by atoms with Crippen LogP contribution in [0.3, 0.4) is 0 Å². The number of nitrogen functional groups attached to an aromatic ring is 1. The summed E-state index contributed by atoms with van der Waals surface area (Å²) in [6.45, 7) is 1.99. The summed E-state index contributed by atoms with van der Waals surface area (Å²) in [5.74, 6) is 0.0866. The summed E-state index contributed by atoms with van der Waals surface area (Å²) < 4.78 is 0. The van der Waals surface area contributed by atoms with Crippen LogP contribution in [0, 0.1) is 0 Å². The van der Waals surface area contributed by atoms with Crippen molar-refractivity contribution in [2.24, 2.45) is 0 Å². The number of carbonyl (C=O) groups excluding carboxylic acids is 1. The molecule has 110 valence electrons. The van der Waals surface area contributed by atoms with Gasteiger partial charge >= 0.3 is 0 Å². The molecule has 1 aliphatic rings. The fourth-order valence-electron chi connectivity index (χ4n) is 2.51. The third kappa shape index (κ3) is 3.42. The molecule has 0 radical (unpaired) electrons. The smallest absolute Gasteiger partial charge is 0.224 e. The van der Waals surface area contributed by atoms with Crippen molar-refractivity contribution in [3.8, 4) is 0 Å². The van der Waals surface area contributed by atoms with Crippen LogP contribution in [0.5, 0.6) is 0 Å². The molecule has 1 heterocycles. The van der Waals surface area contributed by atoms with Gasteiger partial charge in [0.2, 0.25) is 5.91 Å². The minimum atomic E-state index is 0.0866. The zero-order valence-electron chi connectivity index (χ0n) is 12.6. The molecule has 0 spiro atoms. The van der Waals surface area contributed by atoms with Crippen molar-refractivity contribution < 1.29 is 4.79 Å². The van der Waals surface area contributed by atoms with Crippen LogP contribution in [0.25, 0.3) is 0 Å². The Morgan fingerprint density at radius 1 is 1.20 bits per heavy atom. The van der Waals surface area contributed by atoms with Crippen LogP contribution < -0.4 is 16.0 Å². The number of anilines is 3. The fourth-order valence-corrected chi connectivity index (χ4v) is 2.51. The van der Waals surface area contributed by atoms with Gasteiger partial charge in [0.15, 0.2) is 0 Å². The molecule has 5 nitrogen and oxygen atoms in total. The van der Waals surface area contributed by atoms with E-state index in [1.54, 1.807) is 0 Å². The number of nitrogens with zero attached hydrogens (tertiary/aromatic N) is 2. The standard InChI is InChI=1S/C15H24N4O/c1-18(2)7-4-8-19(3)14-10-13-11(9-12(14)16)5-6-15(20)17-13/h9-10H,4-8,16H2,1-3H3,(H,17,20). The normalized spacial score (nSPS) is 14.1. The Kier molecular flexibility index (Phi) is 4.49. The van der Waals surface area contributed by atoms with Gasteiger partial charge in [-0.05, 0) is 51.2 Å². The summed E-state index contributed by atoms with van der Waals surface area (Å²) in [5, 5.41) is 2.93. The first-order valence-electron chi connectivity index (χ1n) is 7.05. The highest BCUT2D eigenvalue weighted by Crippen LogP contribution is 2.32. The number of hydrogen-bond donors (Lipinski definition) is 2. The number of nitrogens with one attached hydrogen (secondary N) is 1. The molecule has 0 aromatic heterocycles. The number of aryl methyl sites for hydroxylation is 1. The van der Waals surface area contributed by atoms with Gasteiger partial charge in [0.1, 0.15) is 0 Å². The highest BCUT2D eigenvalue weighted by Gasteiger charge is 2.17. The fraction of sp³-hybridized carbons (Fsp3) is 0.533. The zero-order valence-corrected chi connectivity index (χ0v) is 12.6. The Labute approximate surface area is 120 Å². The van der Waals surface area contributed by atoms with Gasteiger partial charge in [0.05, 0.1) is 11.4 Å². The number of hydrogen-bond acceptors (Lipinski definition) is 4. The van der Waals surface area contributed by atoms with Gasteiger partial charge in [0.25, 0.3) is 0 Å². The summed E-state index contributed by atoms with van der Waals surface area (Å²) in [7, 11) is 6.18. The molecule has 1 aliphatic heterocycles. The van der Waals surface area contributed by atoms with Crippen molar-refractivity contribution in [3.05, 3.63) is 17.7 Å². The van der Waals surface area contributed by atoms with Crippen molar-refractivity contribution >= 4 is 23.0 Å². The number of carbonyl (C=O) groups is 1. The molecular weight excluding hydrogens is 252 g/mol. The molecule has 1 aromatic rings. The lowest BCUT2D eigenvalue weighted by molar-refractivity contribution is -0.116. The summed E-state index contributed by atoms with van der Waals surface area (Å²) in [6, 6.07) is 3.99. The van der Waals surface area contributed by atoms with E-state index in [0.29, 0.717) is 6.42 Å². The zero-order chi connectivity index (χ0) is 14.7. The van der Waals surface area contributed by atoms with Crippen molar-refractivity contribution in [3.63, 3.8) is 0 Å². The second-order valence-corrected chi connectivity index (χ2v) is 5.69. The molecule has 5 heteroatoms. The Morgan fingerprint density at radius 2 is 1.95 bits per heavy atom. The molecule has 0 unspecified atom stereocenters. The maximum absolute atomic E-state index is 11.5. The molecule has 1 aromatic carbocycles. The van der Waals surface area contributed by atoms with Gasteiger partial charge in [-0.1, -0.05) is 0 Å². The Hall–Kier alpha value is -1.75. The Bertz CT molecular complexity index is 499. The summed E-state index contributed by atoms with van der Waals surface area (Å²) in [6.07, 6.45) is 2.40. The van der Waals surface area contributed by atoms with Crippen LogP contribution in [-0.4, -0.2) is 45.0 Å². The van der Waals surface area contributed by atoms with Crippen LogP contribution >= 0.6 is 0 Å². The van der Waals surface area contributed by atoms with Gasteiger partial charge in [-0.15, -0.1) is 0 Å². The average Bonchev–Trinajstić information content (AvgIpc) is 2.38. The molecule has 0 fully saturated rings. The van der Waals surface area contributed by atoms with Gasteiger partial charge in [-0.25, -0.2) is 0 Å². The van der Waals surface area contributed by atoms with Crippen LogP contribution in [0.1, 0.15) is 18.4 Å².